The van der Waals surface area contributed by atoms with E-state index in [-0.39, 0.29) is 0 Å². The van der Waals surface area contributed by atoms with Crippen LogP contribution in [0, 0.1) is 0 Å². The molecule has 0 spiro atoms. The lowest BCUT2D eigenvalue weighted by atomic mass is 10.00. The Kier molecular flexibility index (Phi) is 28.8. The van der Waals surface area contributed by atoms with E-state index in [0.29, 0.717) is 12.8 Å². The molecule has 40 heavy (non-hydrogen) atoms. The van der Waals surface area contributed by atoms with Gasteiger partial charge in [-0.3, -0.25) is 4.79 Å². The van der Waals surface area contributed by atoms with Crippen molar-refractivity contribution in [1.29, 1.82) is 0 Å². The Morgan fingerprint density at radius 2 is 1.02 bits per heavy atom. The monoisotopic (exact) mass is 570 g/mol. The molecule has 0 fully saturated rings. The maximum Gasteiger partial charge on any atom is 0.249 e. The number of amides is 1. The molecule has 0 saturated carbocycles. The van der Waals surface area contributed by atoms with Gasteiger partial charge in [0.05, 0.1) is 18.8 Å². The molecular formula is C34H67NO5. The van der Waals surface area contributed by atoms with Gasteiger partial charge in [0.15, 0.2) is 0 Å². The molecule has 4 unspecified atom stereocenters. The summed E-state index contributed by atoms with van der Waals surface area (Å²) in [5.41, 5.74) is 0. The van der Waals surface area contributed by atoms with Crippen molar-refractivity contribution < 1.29 is 25.2 Å². The average Bonchev–Trinajstić information content (AvgIpc) is 2.96. The molecule has 5 N–H and O–H groups in total. The van der Waals surface area contributed by atoms with E-state index in [1.807, 2.05) is 0 Å². The van der Waals surface area contributed by atoms with Crippen molar-refractivity contribution in [2.45, 2.75) is 192 Å². The highest BCUT2D eigenvalue weighted by Crippen LogP contribution is 2.14. The smallest absolute Gasteiger partial charge is 0.249 e. The molecule has 6 heteroatoms. The van der Waals surface area contributed by atoms with Gasteiger partial charge in [-0.15, -0.1) is 0 Å². The normalized spacial score (nSPS) is 14.8. The summed E-state index contributed by atoms with van der Waals surface area (Å²) in [6.45, 7) is 3.98. The first-order valence-corrected chi connectivity index (χ1v) is 17.1. The van der Waals surface area contributed by atoms with Crippen LogP contribution in [0.15, 0.2) is 12.2 Å². The van der Waals surface area contributed by atoms with E-state index in [2.05, 4.69) is 31.3 Å². The third-order valence-corrected chi connectivity index (χ3v) is 7.98. The van der Waals surface area contributed by atoms with Crippen molar-refractivity contribution in [3.05, 3.63) is 12.2 Å². The maximum absolute atomic E-state index is 12.3. The fraction of sp³-hybridized carbons (Fsp3) is 0.912. The quantitative estimate of drug-likeness (QED) is 0.0454. The molecule has 0 bridgehead atoms. The van der Waals surface area contributed by atoms with E-state index in [9.17, 15) is 25.2 Å². The zero-order chi connectivity index (χ0) is 29.7. The van der Waals surface area contributed by atoms with Crippen LogP contribution in [0.4, 0.5) is 0 Å². The van der Waals surface area contributed by atoms with Crippen LogP contribution < -0.4 is 5.32 Å². The third kappa shape index (κ3) is 23.7. The number of aliphatic hydroxyl groups excluding tert-OH is 4. The van der Waals surface area contributed by atoms with Crippen molar-refractivity contribution in [1.82, 2.24) is 5.32 Å². The van der Waals surface area contributed by atoms with Crippen molar-refractivity contribution in [2.24, 2.45) is 0 Å². The van der Waals surface area contributed by atoms with Gasteiger partial charge >= 0.3 is 0 Å². The molecule has 0 aromatic carbocycles. The molecule has 0 aromatic heterocycles. The van der Waals surface area contributed by atoms with E-state index in [4.69, 9.17) is 0 Å². The van der Waals surface area contributed by atoms with Crippen LogP contribution in [0.5, 0.6) is 0 Å². The lowest BCUT2D eigenvalue weighted by Crippen LogP contribution is -2.53. The zero-order valence-corrected chi connectivity index (χ0v) is 26.3. The molecule has 0 aromatic rings. The Hall–Kier alpha value is -0.950. The van der Waals surface area contributed by atoms with Crippen molar-refractivity contribution >= 4 is 5.91 Å². The first kappa shape index (κ1) is 39.0. The van der Waals surface area contributed by atoms with E-state index < -0.39 is 36.9 Å². The summed E-state index contributed by atoms with van der Waals surface area (Å²) in [7, 11) is 0. The van der Waals surface area contributed by atoms with Gasteiger partial charge in [-0.2, -0.15) is 0 Å². The number of hydrogen-bond acceptors (Lipinski definition) is 5. The minimum Gasteiger partial charge on any atom is -0.394 e. The second kappa shape index (κ2) is 29.5. The Morgan fingerprint density at radius 3 is 1.50 bits per heavy atom. The molecule has 0 heterocycles. The van der Waals surface area contributed by atoms with Crippen LogP contribution in [-0.2, 0) is 4.79 Å². The minimum absolute atomic E-state index is 0.365. The van der Waals surface area contributed by atoms with E-state index in [0.717, 1.165) is 38.5 Å². The average molecular weight is 570 g/mol. The van der Waals surface area contributed by atoms with Crippen LogP contribution in [0.25, 0.3) is 0 Å². The van der Waals surface area contributed by atoms with Gasteiger partial charge in [-0.05, 0) is 38.5 Å². The molecule has 1 amide bonds. The molecule has 0 aliphatic heterocycles. The second-order valence-corrected chi connectivity index (χ2v) is 11.9. The number of nitrogens with one attached hydrogen (secondary N) is 1. The molecule has 0 radical (unpaired) electrons. The number of allylic oxidation sites excluding steroid dienone is 2. The van der Waals surface area contributed by atoms with E-state index in [1.54, 1.807) is 0 Å². The fourth-order valence-electron chi connectivity index (χ4n) is 5.17. The molecule has 0 saturated heterocycles. The maximum atomic E-state index is 12.3. The molecule has 0 aliphatic rings. The summed E-state index contributed by atoms with van der Waals surface area (Å²) < 4.78 is 0. The Balaban J connectivity index is 3.89. The number of aliphatic hydroxyl groups is 4. The van der Waals surface area contributed by atoms with Crippen LogP contribution in [0.3, 0.4) is 0 Å². The minimum atomic E-state index is -1.27. The van der Waals surface area contributed by atoms with Crippen LogP contribution >= 0.6 is 0 Å². The Labute approximate surface area is 247 Å². The molecule has 0 aliphatic carbocycles. The zero-order valence-electron chi connectivity index (χ0n) is 26.3. The summed E-state index contributed by atoms with van der Waals surface area (Å²) >= 11 is 0. The van der Waals surface area contributed by atoms with Gasteiger partial charge in [0.2, 0.25) is 5.91 Å². The van der Waals surface area contributed by atoms with E-state index in [1.165, 1.54) is 103 Å². The second-order valence-electron chi connectivity index (χ2n) is 11.9. The molecule has 0 rings (SSSR count). The van der Waals surface area contributed by atoms with Gasteiger partial charge in [-0.25, -0.2) is 0 Å². The van der Waals surface area contributed by atoms with Gasteiger partial charge in [-0.1, -0.05) is 142 Å². The highest BCUT2D eigenvalue weighted by Gasteiger charge is 2.28. The molecule has 6 nitrogen and oxygen atoms in total. The Morgan fingerprint density at radius 1 is 0.600 bits per heavy atom. The Bertz CT molecular complexity index is 571. The summed E-state index contributed by atoms with van der Waals surface area (Å²) in [5, 5.41) is 43.2. The predicted molar refractivity (Wildman–Crippen MR) is 168 cm³/mol. The number of carbonyl (C=O) groups is 1. The first-order chi connectivity index (χ1) is 19.5. The SMILES string of the molecule is CCCCCCCCCCCC/C=C/CCCC(O)C(O)C(CO)NC(=O)C(O)CCCCCCCCCCC. The highest BCUT2D eigenvalue weighted by molar-refractivity contribution is 5.80. The van der Waals surface area contributed by atoms with E-state index >= 15 is 0 Å². The number of hydrogen-bond donors (Lipinski definition) is 5. The third-order valence-electron chi connectivity index (χ3n) is 7.98. The predicted octanol–water partition coefficient (Wildman–Crippen LogP) is 7.50. The number of rotatable bonds is 30. The summed E-state index contributed by atoms with van der Waals surface area (Å²) in [6, 6.07) is -0.993. The molecule has 4 atom stereocenters. The van der Waals surface area contributed by atoms with Gasteiger partial charge in [0, 0.05) is 0 Å². The lowest BCUT2D eigenvalue weighted by molar-refractivity contribution is -0.132. The number of carbonyl (C=O) groups excluding carboxylic acids is 1. The van der Waals surface area contributed by atoms with Crippen LogP contribution in [0.1, 0.15) is 168 Å². The molecular weight excluding hydrogens is 502 g/mol. The summed E-state index contributed by atoms with van der Waals surface area (Å²) in [5.74, 6) is -0.597. The highest BCUT2D eigenvalue weighted by atomic mass is 16.3. The number of unbranched alkanes of at least 4 members (excludes halogenated alkanes) is 19. The largest absolute Gasteiger partial charge is 0.394 e. The van der Waals surface area contributed by atoms with Crippen LogP contribution in [-0.4, -0.2) is 57.3 Å². The first-order valence-electron chi connectivity index (χ1n) is 17.1. The van der Waals surface area contributed by atoms with Gasteiger partial charge in [0.1, 0.15) is 12.2 Å². The topological polar surface area (TPSA) is 110 Å². The summed E-state index contributed by atoms with van der Waals surface area (Å²) in [6.07, 6.45) is 28.1. The van der Waals surface area contributed by atoms with Crippen molar-refractivity contribution in [3.63, 3.8) is 0 Å². The van der Waals surface area contributed by atoms with Gasteiger partial charge in [0.25, 0.3) is 0 Å². The van der Waals surface area contributed by atoms with Gasteiger partial charge < -0.3 is 25.7 Å². The lowest BCUT2D eigenvalue weighted by Gasteiger charge is -2.27. The fourth-order valence-corrected chi connectivity index (χ4v) is 5.17. The van der Waals surface area contributed by atoms with Crippen molar-refractivity contribution in [3.8, 4) is 0 Å². The molecule has 238 valence electrons. The van der Waals surface area contributed by atoms with Crippen molar-refractivity contribution in [2.75, 3.05) is 6.61 Å². The standard InChI is InChI=1S/C34H67NO5/c1-3-5-7-9-11-13-14-15-16-17-18-20-21-23-25-27-31(37)33(39)30(29-36)35-34(40)32(38)28-26-24-22-19-12-10-8-6-4-2/h20-21,30-33,36-39H,3-19,22-29H2,1-2H3,(H,35,40)/b21-20+. The van der Waals surface area contributed by atoms with Crippen LogP contribution in [0.2, 0.25) is 0 Å². The summed E-state index contributed by atoms with van der Waals surface area (Å²) in [4.78, 5) is 12.3.